The van der Waals surface area contributed by atoms with Gasteiger partial charge in [-0.3, -0.25) is 0 Å². The van der Waals surface area contributed by atoms with Gasteiger partial charge in [0.15, 0.2) is 0 Å². The van der Waals surface area contributed by atoms with Gasteiger partial charge in [-0.05, 0) is 19.3 Å². The van der Waals surface area contributed by atoms with Crippen LogP contribution in [0.4, 0.5) is 0 Å². The summed E-state index contributed by atoms with van der Waals surface area (Å²) in [6, 6.07) is 0. The van der Waals surface area contributed by atoms with E-state index in [1.807, 2.05) is 0 Å². The standard InChI is InChI=1S/C8H15BrO.Ca.2H/c1-2-8(9)6-4-3-5-7-10;;;/h7-8H,2-6H2,1H3;;;/q;+2;2*-1. The summed E-state index contributed by atoms with van der Waals surface area (Å²) in [6.07, 6.45) is 6.32. The third-order valence-electron chi connectivity index (χ3n) is 1.53. The zero-order valence-electron chi connectivity index (χ0n) is 9.18. The summed E-state index contributed by atoms with van der Waals surface area (Å²) in [5.74, 6) is 0. The second-order valence-electron chi connectivity index (χ2n) is 2.46. The fourth-order valence-electron chi connectivity index (χ4n) is 0.798. The number of alkyl halides is 1. The Labute approximate surface area is 110 Å². The molecular weight excluding hydrogens is 232 g/mol. The van der Waals surface area contributed by atoms with Crippen LogP contribution in [0.15, 0.2) is 0 Å². The molecule has 3 heteroatoms. The molecule has 0 rings (SSSR count). The zero-order chi connectivity index (χ0) is 7.82. The average Bonchev–Trinajstić information content (AvgIpc) is 1.98. The van der Waals surface area contributed by atoms with Crippen molar-refractivity contribution in [2.75, 3.05) is 0 Å². The van der Waals surface area contributed by atoms with E-state index >= 15 is 0 Å². The van der Waals surface area contributed by atoms with E-state index in [-0.39, 0.29) is 40.6 Å². The van der Waals surface area contributed by atoms with Crippen LogP contribution in [-0.4, -0.2) is 48.9 Å². The van der Waals surface area contributed by atoms with E-state index in [9.17, 15) is 4.79 Å². The van der Waals surface area contributed by atoms with E-state index in [0.29, 0.717) is 4.83 Å². The number of unbranched alkanes of at least 4 members (excludes halogenated alkanes) is 2. The van der Waals surface area contributed by atoms with Gasteiger partial charge in [-0.15, -0.1) is 0 Å². The van der Waals surface area contributed by atoms with Gasteiger partial charge in [0.05, 0.1) is 0 Å². The molecule has 0 fully saturated rings. The molecule has 1 unspecified atom stereocenters. The van der Waals surface area contributed by atoms with Crippen molar-refractivity contribution in [2.45, 2.75) is 43.9 Å². The van der Waals surface area contributed by atoms with Crippen LogP contribution >= 0.6 is 15.9 Å². The van der Waals surface area contributed by atoms with E-state index in [1.54, 1.807) is 0 Å². The molecule has 0 aliphatic carbocycles. The van der Waals surface area contributed by atoms with Crippen molar-refractivity contribution in [1.29, 1.82) is 0 Å². The molecule has 0 saturated carbocycles. The van der Waals surface area contributed by atoms with Gasteiger partial charge in [-0.25, -0.2) is 0 Å². The molecule has 0 heterocycles. The first-order valence-electron chi connectivity index (χ1n) is 3.89. The van der Waals surface area contributed by atoms with Gasteiger partial charge in [0.25, 0.3) is 0 Å². The molecule has 0 amide bonds. The molecule has 1 nitrogen and oxygen atoms in total. The fourth-order valence-corrected chi connectivity index (χ4v) is 1.12. The summed E-state index contributed by atoms with van der Waals surface area (Å²) in [5, 5.41) is 0. The van der Waals surface area contributed by atoms with E-state index in [2.05, 4.69) is 22.9 Å². The third kappa shape index (κ3) is 11.4. The van der Waals surface area contributed by atoms with Gasteiger partial charge in [0, 0.05) is 11.2 Å². The summed E-state index contributed by atoms with van der Waals surface area (Å²) < 4.78 is 0. The van der Waals surface area contributed by atoms with Crippen molar-refractivity contribution in [3.63, 3.8) is 0 Å². The largest absolute Gasteiger partial charge is 2.00 e. The van der Waals surface area contributed by atoms with Crippen molar-refractivity contribution in [2.24, 2.45) is 0 Å². The Morgan fingerprint density at radius 2 is 2.18 bits per heavy atom. The van der Waals surface area contributed by atoms with Crippen LogP contribution in [0.2, 0.25) is 0 Å². The van der Waals surface area contributed by atoms with Crippen molar-refractivity contribution in [3.8, 4) is 0 Å². The monoisotopic (exact) mass is 248 g/mol. The molecule has 0 aromatic rings. The second kappa shape index (κ2) is 11.4. The predicted octanol–water partition coefficient (Wildman–Crippen LogP) is 2.76. The van der Waals surface area contributed by atoms with Gasteiger partial charge >= 0.3 is 37.7 Å². The van der Waals surface area contributed by atoms with Crippen LogP contribution in [-0.2, 0) is 4.79 Å². The zero-order valence-corrected chi connectivity index (χ0v) is 11.0. The van der Waals surface area contributed by atoms with Crippen LogP contribution in [0.5, 0.6) is 0 Å². The minimum atomic E-state index is 0. The number of hydrogen-bond donors (Lipinski definition) is 0. The first-order valence-corrected chi connectivity index (χ1v) is 4.80. The third-order valence-corrected chi connectivity index (χ3v) is 2.64. The quantitative estimate of drug-likeness (QED) is 0.306. The molecule has 0 saturated heterocycles. The molecule has 64 valence electrons. The Kier molecular flexibility index (Phi) is 15.5. The van der Waals surface area contributed by atoms with Crippen LogP contribution in [0.1, 0.15) is 41.9 Å². The minimum absolute atomic E-state index is 0. The summed E-state index contributed by atoms with van der Waals surface area (Å²) in [4.78, 5) is 10.6. The molecule has 0 aliphatic rings. The van der Waals surface area contributed by atoms with Crippen LogP contribution in [0.3, 0.4) is 0 Å². The number of rotatable bonds is 6. The molecule has 0 aromatic carbocycles. The van der Waals surface area contributed by atoms with Crippen LogP contribution in [0.25, 0.3) is 0 Å². The van der Waals surface area contributed by atoms with Crippen molar-refractivity contribution < 1.29 is 7.65 Å². The smallest absolute Gasteiger partial charge is 1.00 e. The number of carbonyl (C=O) groups excluding carboxylic acids is 1. The first-order chi connectivity index (χ1) is 4.81. The molecule has 0 N–H and O–H groups in total. The minimum Gasteiger partial charge on any atom is -1.00 e. The average molecular weight is 249 g/mol. The van der Waals surface area contributed by atoms with Crippen molar-refractivity contribution in [3.05, 3.63) is 0 Å². The Morgan fingerprint density at radius 1 is 1.55 bits per heavy atom. The van der Waals surface area contributed by atoms with Crippen LogP contribution < -0.4 is 0 Å². The summed E-state index contributed by atoms with van der Waals surface area (Å²) in [5.41, 5.74) is 0. The number of halogens is 1. The number of hydrogen-bond acceptors (Lipinski definition) is 1. The maximum atomic E-state index is 9.91. The maximum absolute atomic E-state index is 9.91. The Balaban J connectivity index is -0.000000135. The van der Waals surface area contributed by atoms with Crippen molar-refractivity contribution in [1.82, 2.24) is 0 Å². The molecular formula is C8H17BrCaO. The summed E-state index contributed by atoms with van der Waals surface area (Å²) >= 11 is 3.54. The van der Waals surface area contributed by atoms with Crippen LogP contribution in [0, 0.1) is 0 Å². The Hall–Kier alpha value is 1.41. The van der Waals surface area contributed by atoms with Gasteiger partial charge in [0.1, 0.15) is 6.29 Å². The van der Waals surface area contributed by atoms with E-state index in [4.69, 9.17) is 0 Å². The molecule has 0 spiro atoms. The molecule has 1 atom stereocenters. The normalized spacial score (nSPS) is 11.8. The van der Waals surface area contributed by atoms with Crippen molar-refractivity contribution >= 4 is 60.0 Å². The Morgan fingerprint density at radius 3 is 2.64 bits per heavy atom. The molecule has 0 aliphatic heterocycles. The molecule has 11 heavy (non-hydrogen) atoms. The second-order valence-corrected chi connectivity index (χ2v) is 3.75. The predicted molar refractivity (Wildman–Crippen MR) is 55.5 cm³/mol. The van der Waals surface area contributed by atoms with Gasteiger partial charge < -0.3 is 7.65 Å². The van der Waals surface area contributed by atoms with Gasteiger partial charge in [0.2, 0.25) is 0 Å². The number of aldehydes is 1. The number of carbonyl (C=O) groups is 1. The van der Waals surface area contributed by atoms with E-state index in [0.717, 1.165) is 19.1 Å². The Bertz CT molecular complexity index is 96.2. The summed E-state index contributed by atoms with van der Waals surface area (Å²) in [7, 11) is 0. The maximum Gasteiger partial charge on any atom is 2.00 e. The molecule has 0 aromatic heterocycles. The molecule has 0 radical (unpaired) electrons. The van der Waals surface area contributed by atoms with E-state index < -0.39 is 0 Å². The van der Waals surface area contributed by atoms with Gasteiger partial charge in [-0.1, -0.05) is 29.3 Å². The first kappa shape index (κ1) is 14.9. The van der Waals surface area contributed by atoms with E-state index in [1.165, 1.54) is 19.3 Å². The SMILES string of the molecule is CCC(Br)CCCCC=O.[Ca+2].[H-].[H-]. The molecule has 0 bridgehead atoms. The fraction of sp³-hybridized carbons (Fsp3) is 0.875. The van der Waals surface area contributed by atoms with Gasteiger partial charge in [-0.2, -0.15) is 0 Å². The summed E-state index contributed by atoms with van der Waals surface area (Å²) in [6.45, 7) is 2.17. The topological polar surface area (TPSA) is 17.1 Å².